The first-order chi connectivity index (χ1) is 12.1. The molecule has 0 fully saturated rings. The van der Waals surface area contributed by atoms with Gasteiger partial charge >= 0.3 is 5.97 Å². The van der Waals surface area contributed by atoms with Crippen molar-refractivity contribution in [1.29, 1.82) is 0 Å². The van der Waals surface area contributed by atoms with Crippen molar-refractivity contribution in [2.45, 2.75) is 45.4 Å². The molecule has 25 heavy (non-hydrogen) atoms. The molecule has 0 saturated heterocycles. The monoisotopic (exact) mass is 390 g/mol. The second-order valence-electron chi connectivity index (χ2n) is 6.15. The van der Waals surface area contributed by atoms with Gasteiger partial charge < -0.3 is 5.11 Å². The van der Waals surface area contributed by atoms with Crippen molar-refractivity contribution in [3.63, 3.8) is 0 Å². The van der Waals surface area contributed by atoms with Crippen molar-refractivity contribution in [3.05, 3.63) is 46.2 Å². The van der Waals surface area contributed by atoms with Gasteiger partial charge in [0, 0.05) is 35.7 Å². The lowest BCUT2D eigenvalue weighted by Crippen LogP contribution is -1.93. The van der Waals surface area contributed by atoms with Crippen LogP contribution in [0.1, 0.15) is 41.9 Å². The smallest absolute Gasteiger partial charge is 0.303 e. The number of hydrogen-bond donors (Lipinski definition) is 1. The minimum Gasteiger partial charge on any atom is -0.481 e. The molecule has 0 bridgehead atoms. The fourth-order valence-corrected chi connectivity index (χ4v) is 5.85. The van der Waals surface area contributed by atoms with Crippen molar-refractivity contribution < 1.29 is 9.90 Å². The van der Waals surface area contributed by atoms with Gasteiger partial charge in [-0.15, -0.1) is 34.0 Å². The number of thiophene rings is 3. The van der Waals surface area contributed by atoms with E-state index >= 15 is 0 Å². The minimum atomic E-state index is -0.684. The van der Waals surface area contributed by atoms with Crippen LogP contribution < -0.4 is 0 Å². The minimum absolute atomic E-state index is 0.299. The Hall–Kier alpha value is -1.43. The lowest BCUT2D eigenvalue weighted by molar-refractivity contribution is -0.137. The zero-order chi connectivity index (χ0) is 17.6. The van der Waals surface area contributed by atoms with Gasteiger partial charge in [-0.1, -0.05) is 12.8 Å². The Balaban J connectivity index is 1.51. The van der Waals surface area contributed by atoms with Crippen LogP contribution in [0.2, 0.25) is 0 Å². The third-order valence-electron chi connectivity index (χ3n) is 4.06. The first kappa shape index (κ1) is 18.4. The maximum Gasteiger partial charge on any atom is 0.303 e. The number of rotatable bonds is 9. The molecule has 3 aromatic heterocycles. The maximum absolute atomic E-state index is 10.5. The molecule has 0 unspecified atom stereocenters. The molecule has 0 aromatic carbocycles. The number of aryl methyl sites for hydroxylation is 2. The average molecular weight is 391 g/mol. The van der Waals surface area contributed by atoms with Crippen LogP contribution in [0.25, 0.3) is 19.5 Å². The Morgan fingerprint density at radius 2 is 1.40 bits per heavy atom. The van der Waals surface area contributed by atoms with Crippen molar-refractivity contribution in [3.8, 4) is 19.5 Å². The summed E-state index contributed by atoms with van der Waals surface area (Å²) >= 11 is 5.61. The van der Waals surface area contributed by atoms with Gasteiger partial charge in [0.05, 0.1) is 0 Å². The molecule has 3 aromatic rings. The van der Waals surface area contributed by atoms with Gasteiger partial charge in [0.1, 0.15) is 0 Å². The molecule has 5 heteroatoms. The van der Waals surface area contributed by atoms with Crippen LogP contribution in [-0.4, -0.2) is 11.1 Å². The SMILES string of the molecule is Cc1ccc(-c2ccc(-c3ccc(CCCCCCC(=O)O)s3)s2)s1. The Labute approximate surface area is 160 Å². The van der Waals surface area contributed by atoms with Crippen LogP contribution in [0.5, 0.6) is 0 Å². The first-order valence-corrected chi connectivity index (χ1v) is 11.0. The normalized spacial score (nSPS) is 11.1. The fraction of sp³-hybridized carbons (Fsp3) is 0.350. The molecule has 0 saturated carbocycles. The number of aliphatic carboxylic acids is 1. The summed E-state index contributed by atoms with van der Waals surface area (Å²) in [7, 11) is 0. The highest BCUT2D eigenvalue weighted by atomic mass is 32.1. The molecule has 3 rings (SSSR count). The van der Waals surface area contributed by atoms with Crippen molar-refractivity contribution >= 4 is 40.0 Å². The predicted molar refractivity (Wildman–Crippen MR) is 110 cm³/mol. The Morgan fingerprint density at radius 3 is 2.08 bits per heavy atom. The van der Waals surface area contributed by atoms with E-state index in [9.17, 15) is 4.79 Å². The summed E-state index contributed by atoms with van der Waals surface area (Å²) in [6, 6.07) is 13.3. The van der Waals surface area contributed by atoms with Gasteiger partial charge in [0.2, 0.25) is 0 Å². The van der Waals surface area contributed by atoms with Crippen molar-refractivity contribution in [1.82, 2.24) is 0 Å². The maximum atomic E-state index is 10.5. The molecule has 132 valence electrons. The van der Waals surface area contributed by atoms with Gasteiger partial charge in [-0.3, -0.25) is 4.79 Å². The summed E-state index contributed by atoms with van der Waals surface area (Å²) in [4.78, 5) is 18.7. The van der Waals surface area contributed by atoms with Crippen LogP contribution in [0.4, 0.5) is 0 Å². The lowest BCUT2D eigenvalue weighted by Gasteiger charge is -1.98. The molecule has 0 atom stereocenters. The van der Waals surface area contributed by atoms with E-state index in [-0.39, 0.29) is 0 Å². The standard InChI is InChI=1S/C20H22O2S3/c1-14-8-10-16(23-14)18-12-13-19(25-18)17-11-9-15(24-17)6-4-2-3-5-7-20(21)22/h8-13H,2-7H2,1H3,(H,21,22). The summed E-state index contributed by atoms with van der Waals surface area (Å²) < 4.78 is 0. The second-order valence-corrected chi connectivity index (χ2v) is 9.69. The van der Waals surface area contributed by atoms with E-state index in [2.05, 4.69) is 43.3 Å². The van der Waals surface area contributed by atoms with E-state index in [0.717, 1.165) is 32.1 Å². The zero-order valence-electron chi connectivity index (χ0n) is 14.3. The largest absolute Gasteiger partial charge is 0.481 e. The summed E-state index contributed by atoms with van der Waals surface area (Å²) in [6.45, 7) is 2.15. The molecule has 3 heterocycles. The van der Waals surface area contributed by atoms with Crippen LogP contribution in [-0.2, 0) is 11.2 Å². The molecule has 0 aliphatic rings. The molecular formula is C20H22O2S3. The average Bonchev–Trinajstić information content (AvgIpc) is 3.30. The summed E-state index contributed by atoms with van der Waals surface area (Å²) in [6.07, 6.45) is 5.46. The van der Waals surface area contributed by atoms with E-state index in [1.54, 1.807) is 0 Å². The van der Waals surface area contributed by atoms with Crippen LogP contribution in [0, 0.1) is 6.92 Å². The number of carbonyl (C=O) groups is 1. The van der Waals surface area contributed by atoms with E-state index < -0.39 is 5.97 Å². The van der Waals surface area contributed by atoms with Gasteiger partial charge in [-0.25, -0.2) is 0 Å². The van der Waals surface area contributed by atoms with Gasteiger partial charge in [-0.05, 0) is 62.6 Å². The quantitative estimate of drug-likeness (QED) is 0.396. The van der Waals surface area contributed by atoms with E-state index in [4.69, 9.17) is 5.11 Å². The third-order valence-corrected chi connectivity index (χ3v) is 7.68. The summed E-state index contributed by atoms with van der Waals surface area (Å²) in [5, 5.41) is 8.64. The highest BCUT2D eigenvalue weighted by molar-refractivity contribution is 7.26. The molecule has 0 aliphatic heterocycles. The Morgan fingerprint density at radius 1 is 0.800 bits per heavy atom. The highest BCUT2D eigenvalue weighted by Crippen LogP contribution is 2.39. The van der Waals surface area contributed by atoms with Gasteiger partial charge in [0.15, 0.2) is 0 Å². The summed E-state index contributed by atoms with van der Waals surface area (Å²) in [5.41, 5.74) is 0. The number of carboxylic acids is 1. The number of carboxylic acid groups (broad SMARTS) is 1. The summed E-state index contributed by atoms with van der Waals surface area (Å²) in [5.74, 6) is -0.684. The van der Waals surface area contributed by atoms with Crippen LogP contribution in [0.15, 0.2) is 36.4 Å². The Kier molecular flexibility index (Phi) is 6.45. The topological polar surface area (TPSA) is 37.3 Å². The van der Waals surface area contributed by atoms with E-state index in [1.807, 2.05) is 34.0 Å². The van der Waals surface area contributed by atoms with Crippen molar-refractivity contribution in [2.75, 3.05) is 0 Å². The molecular weight excluding hydrogens is 368 g/mol. The highest BCUT2D eigenvalue weighted by Gasteiger charge is 2.09. The zero-order valence-corrected chi connectivity index (χ0v) is 16.7. The molecule has 1 N–H and O–H groups in total. The molecule has 0 spiro atoms. The molecule has 0 aliphatic carbocycles. The molecule has 0 radical (unpaired) electrons. The van der Waals surface area contributed by atoms with E-state index in [0.29, 0.717) is 6.42 Å². The van der Waals surface area contributed by atoms with Gasteiger partial charge in [0.25, 0.3) is 0 Å². The van der Waals surface area contributed by atoms with Crippen molar-refractivity contribution in [2.24, 2.45) is 0 Å². The lowest BCUT2D eigenvalue weighted by atomic mass is 10.1. The van der Waals surface area contributed by atoms with Crippen LogP contribution >= 0.6 is 34.0 Å². The Bertz CT molecular complexity index is 825. The third kappa shape index (κ3) is 5.27. The fourth-order valence-electron chi connectivity index (χ4n) is 2.74. The predicted octanol–water partition coefficient (Wildman–Crippen LogP) is 7.09. The van der Waals surface area contributed by atoms with E-state index in [1.165, 1.54) is 29.3 Å². The second kappa shape index (κ2) is 8.79. The van der Waals surface area contributed by atoms with Crippen LogP contribution in [0.3, 0.4) is 0 Å². The number of hydrogen-bond acceptors (Lipinski definition) is 4. The van der Waals surface area contributed by atoms with Gasteiger partial charge in [-0.2, -0.15) is 0 Å². The molecule has 0 amide bonds. The first-order valence-electron chi connectivity index (χ1n) is 8.59. The molecule has 2 nitrogen and oxygen atoms in total. The number of unbranched alkanes of at least 4 members (excludes halogenated alkanes) is 3.